The van der Waals surface area contributed by atoms with E-state index in [-0.39, 0.29) is 42.4 Å². The minimum absolute atomic E-state index is 0.0339. The van der Waals surface area contributed by atoms with Crippen LogP contribution in [0.1, 0.15) is 59.9 Å². The molecule has 1 saturated carbocycles. The number of benzene rings is 2. The Bertz CT molecular complexity index is 1710. The number of rotatable bonds is 10. The number of hydrogen-bond acceptors (Lipinski definition) is 11. The second kappa shape index (κ2) is 13.9. The van der Waals surface area contributed by atoms with Crippen LogP contribution in [-0.4, -0.2) is 94.7 Å². The number of nitrogens with one attached hydrogen (secondary N) is 1. The molecule has 2 aliphatic heterocycles. The second-order valence-electron chi connectivity index (χ2n) is 13.3. The van der Waals surface area contributed by atoms with Crippen molar-refractivity contribution in [3.63, 3.8) is 0 Å². The molecule has 2 fully saturated rings. The third kappa shape index (κ3) is 6.20. The molecule has 3 heterocycles. The van der Waals surface area contributed by atoms with E-state index in [9.17, 15) is 14.4 Å². The zero-order valence-electron chi connectivity index (χ0n) is 29.3. The summed E-state index contributed by atoms with van der Waals surface area (Å²) >= 11 is 0. The van der Waals surface area contributed by atoms with Crippen molar-refractivity contribution in [2.24, 2.45) is 17.8 Å². The number of H-pyrrole nitrogens is 1. The van der Waals surface area contributed by atoms with Crippen molar-refractivity contribution in [1.29, 1.82) is 0 Å². The van der Waals surface area contributed by atoms with E-state index >= 15 is 0 Å². The van der Waals surface area contributed by atoms with Crippen molar-refractivity contribution in [1.82, 2.24) is 9.88 Å². The summed E-state index contributed by atoms with van der Waals surface area (Å²) in [4.78, 5) is 46.0. The number of carbonyl (C=O) groups excluding carboxylic acids is 3. The number of piperidine rings is 1. The van der Waals surface area contributed by atoms with E-state index < -0.39 is 29.6 Å². The summed E-state index contributed by atoms with van der Waals surface area (Å²) in [6, 6.07) is 9.28. The highest BCUT2D eigenvalue weighted by atomic mass is 16.6. The van der Waals surface area contributed by atoms with Crippen molar-refractivity contribution >= 4 is 28.8 Å². The zero-order valence-corrected chi connectivity index (χ0v) is 29.3. The molecule has 3 aliphatic rings. The van der Waals surface area contributed by atoms with Gasteiger partial charge in [0.05, 0.1) is 59.0 Å². The lowest BCUT2D eigenvalue weighted by Crippen LogP contribution is -2.63. The number of esters is 3. The molecule has 1 aromatic heterocycles. The van der Waals surface area contributed by atoms with Gasteiger partial charge in [-0.15, -0.1) is 0 Å². The molecule has 0 spiro atoms. The molecular formula is C37H46N2O10. The van der Waals surface area contributed by atoms with Gasteiger partial charge in [-0.1, -0.05) is 0 Å². The predicted molar refractivity (Wildman–Crippen MR) is 179 cm³/mol. The highest BCUT2D eigenvalue weighted by Crippen LogP contribution is 2.53. The Morgan fingerprint density at radius 3 is 2.37 bits per heavy atom. The highest BCUT2D eigenvalue weighted by Gasteiger charge is 2.59. The molecular weight excluding hydrogens is 632 g/mol. The van der Waals surface area contributed by atoms with E-state index in [1.54, 1.807) is 21.1 Å². The molecule has 0 amide bonds. The van der Waals surface area contributed by atoms with Gasteiger partial charge in [0.1, 0.15) is 29.0 Å². The fourth-order valence-corrected chi connectivity index (χ4v) is 8.63. The van der Waals surface area contributed by atoms with Crippen molar-refractivity contribution in [2.45, 2.75) is 57.3 Å². The van der Waals surface area contributed by atoms with Gasteiger partial charge in [-0.05, 0) is 74.8 Å². The minimum atomic E-state index is -1.17. The van der Waals surface area contributed by atoms with E-state index in [0.29, 0.717) is 23.5 Å². The van der Waals surface area contributed by atoms with Crippen LogP contribution in [0.5, 0.6) is 17.2 Å². The van der Waals surface area contributed by atoms with E-state index in [1.807, 2.05) is 19.1 Å². The van der Waals surface area contributed by atoms with Crippen molar-refractivity contribution < 1.29 is 47.5 Å². The monoisotopic (exact) mass is 678 g/mol. The number of aromatic amines is 1. The molecule has 6 atom stereocenters. The Labute approximate surface area is 286 Å². The highest BCUT2D eigenvalue weighted by molar-refractivity contribution is 5.92. The standard InChI is InChI=1S/C37H46N2O10/c1-8-48-31(40)17-26-29(44-4)13-20(14-30(26)45-5)35(41)49-37(2)18-21-19-39-12-11-24-23-10-9-22(43-3)15-27(23)38-33(24)28(39)16-25(21)32(34(37)46-6)36(42)47-7/h9-10,13-15,21,25,28,32,34,38H,8,11-12,16-19H2,1-7H3/t21-,25+,28+,32?,34?,37?/m0/s1. The van der Waals surface area contributed by atoms with Gasteiger partial charge in [-0.3, -0.25) is 14.5 Å². The molecule has 0 radical (unpaired) electrons. The summed E-state index contributed by atoms with van der Waals surface area (Å²) in [6.07, 6.45) is 1.26. The lowest BCUT2D eigenvalue weighted by atomic mass is 9.60. The fourth-order valence-electron chi connectivity index (χ4n) is 8.63. The third-order valence-electron chi connectivity index (χ3n) is 10.7. The third-order valence-corrected chi connectivity index (χ3v) is 10.7. The first kappa shape index (κ1) is 34.6. The van der Waals surface area contributed by atoms with Crippen LogP contribution in [0.4, 0.5) is 0 Å². The molecule has 1 saturated heterocycles. The Hall–Kier alpha value is -4.29. The zero-order chi connectivity index (χ0) is 35.0. The van der Waals surface area contributed by atoms with Gasteiger partial charge in [-0.25, -0.2) is 4.79 Å². The van der Waals surface area contributed by atoms with E-state index in [2.05, 4.69) is 16.0 Å². The van der Waals surface area contributed by atoms with Gasteiger partial charge >= 0.3 is 17.9 Å². The first-order valence-corrected chi connectivity index (χ1v) is 16.8. The van der Waals surface area contributed by atoms with Crippen LogP contribution in [0.3, 0.4) is 0 Å². The number of fused-ring (bicyclic) bond motifs is 6. The molecule has 6 rings (SSSR count). The maximum Gasteiger partial charge on any atom is 0.339 e. The first-order valence-electron chi connectivity index (χ1n) is 16.8. The predicted octanol–water partition coefficient (Wildman–Crippen LogP) is 4.66. The average molecular weight is 679 g/mol. The van der Waals surface area contributed by atoms with Crippen LogP contribution < -0.4 is 14.2 Å². The lowest BCUT2D eigenvalue weighted by Gasteiger charge is -2.55. The molecule has 49 heavy (non-hydrogen) atoms. The second-order valence-corrected chi connectivity index (χ2v) is 13.3. The summed E-state index contributed by atoms with van der Waals surface area (Å²) in [5.41, 5.74) is 3.00. The maximum atomic E-state index is 13.9. The normalized spacial score (nSPS) is 26.1. The molecule has 3 unspecified atom stereocenters. The number of nitrogens with zero attached hydrogens (tertiary/aromatic N) is 1. The summed E-state index contributed by atoms with van der Waals surface area (Å²) in [5.74, 6) is -0.780. The van der Waals surface area contributed by atoms with Crippen LogP contribution in [0.25, 0.3) is 10.9 Å². The number of methoxy groups -OCH3 is 5. The summed E-state index contributed by atoms with van der Waals surface area (Å²) in [7, 11) is 7.50. The molecule has 3 aromatic rings. The average Bonchev–Trinajstić information content (AvgIpc) is 3.48. The van der Waals surface area contributed by atoms with E-state index in [0.717, 1.165) is 37.2 Å². The largest absolute Gasteiger partial charge is 0.497 e. The maximum absolute atomic E-state index is 13.9. The molecule has 12 nitrogen and oxygen atoms in total. The van der Waals surface area contributed by atoms with Gasteiger partial charge < -0.3 is 38.1 Å². The SMILES string of the molecule is CCOC(=O)Cc1c(OC)cc(C(=O)OC2(C)C[C@H]3CN4CCc5c([nH]c6cc(OC)ccc56)[C@H]4C[C@H]3C(C(=O)OC)C2OC)cc1OC. The van der Waals surface area contributed by atoms with Crippen molar-refractivity contribution in [3.8, 4) is 17.2 Å². The Kier molecular flexibility index (Phi) is 9.81. The van der Waals surface area contributed by atoms with Crippen LogP contribution in [-0.2, 0) is 41.4 Å². The summed E-state index contributed by atoms with van der Waals surface area (Å²) < 4.78 is 39.5. The van der Waals surface area contributed by atoms with E-state index in [4.69, 9.17) is 33.2 Å². The lowest BCUT2D eigenvalue weighted by molar-refractivity contribution is -0.198. The number of ether oxygens (including phenoxy) is 7. The van der Waals surface area contributed by atoms with E-state index in [1.165, 1.54) is 50.1 Å². The van der Waals surface area contributed by atoms with Crippen LogP contribution in [0.2, 0.25) is 0 Å². The van der Waals surface area contributed by atoms with Crippen molar-refractivity contribution in [3.05, 3.63) is 52.7 Å². The van der Waals surface area contributed by atoms with Gasteiger partial charge in [-0.2, -0.15) is 0 Å². The van der Waals surface area contributed by atoms with Crippen LogP contribution >= 0.6 is 0 Å². The van der Waals surface area contributed by atoms with Crippen LogP contribution in [0, 0.1) is 17.8 Å². The summed E-state index contributed by atoms with van der Waals surface area (Å²) in [6.45, 7) is 5.41. The van der Waals surface area contributed by atoms with Gasteiger partial charge in [0, 0.05) is 48.4 Å². The van der Waals surface area contributed by atoms with Gasteiger partial charge in [0.2, 0.25) is 0 Å². The smallest absolute Gasteiger partial charge is 0.339 e. The topological polar surface area (TPSA) is 135 Å². The van der Waals surface area contributed by atoms with Crippen molar-refractivity contribution in [2.75, 3.05) is 55.2 Å². The number of aromatic nitrogens is 1. The molecule has 264 valence electrons. The molecule has 12 heteroatoms. The minimum Gasteiger partial charge on any atom is -0.497 e. The number of hydrogen-bond donors (Lipinski definition) is 1. The number of carbonyl (C=O) groups is 3. The Balaban J connectivity index is 1.30. The molecule has 2 aromatic carbocycles. The Morgan fingerprint density at radius 1 is 1.00 bits per heavy atom. The fraction of sp³-hybridized carbons (Fsp3) is 0.541. The van der Waals surface area contributed by atoms with Gasteiger partial charge in [0.15, 0.2) is 0 Å². The molecule has 1 aliphatic carbocycles. The first-order chi connectivity index (χ1) is 23.6. The van der Waals surface area contributed by atoms with Crippen LogP contribution in [0.15, 0.2) is 30.3 Å². The summed E-state index contributed by atoms with van der Waals surface area (Å²) in [5, 5.41) is 1.20. The Morgan fingerprint density at radius 2 is 1.73 bits per heavy atom. The molecule has 0 bridgehead atoms. The van der Waals surface area contributed by atoms with Gasteiger partial charge in [0.25, 0.3) is 0 Å². The quantitative estimate of drug-likeness (QED) is 0.237. The molecule has 1 N–H and O–H groups in total.